The predicted molar refractivity (Wildman–Crippen MR) is 98.8 cm³/mol. The second-order valence-electron chi connectivity index (χ2n) is 5.76. The number of nitrogens with one attached hydrogen (secondary N) is 2. The van der Waals surface area contributed by atoms with E-state index < -0.39 is 0 Å². The highest BCUT2D eigenvalue weighted by Crippen LogP contribution is 2.12. The molecule has 2 N–H and O–H groups in total. The van der Waals surface area contributed by atoms with Crippen LogP contribution in [0.5, 0.6) is 0 Å². The van der Waals surface area contributed by atoms with Crippen LogP contribution in [-0.4, -0.2) is 21.8 Å². The number of hydrogen-bond acceptors (Lipinski definition) is 4. The normalized spacial score (nSPS) is 10.2. The zero-order valence-electron chi connectivity index (χ0n) is 14.3. The lowest BCUT2D eigenvalue weighted by atomic mass is 10.2. The molecule has 6 heteroatoms. The first-order valence-corrected chi connectivity index (χ1v) is 8.14. The number of carbonyl (C=O) groups excluding carboxylic acids is 2. The highest BCUT2D eigenvalue weighted by atomic mass is 16.2. The van der Waals surface area contributed by atoms with Crippen molar-refractivity contribution in [2.75, 3.05) is 5.32 Å². The fourth-order valence-electron chi connectivity index (χ4n) is 2.39. The van der Waals surface area contributed by atoms with Crippen molar-refractivity contribution >= 4 is 17.5 Å². The van der Waals surface area contributed by atoms with Gasteiger partial charge in [-0.05, 0) is 48.9 Å². The number of anilines is 1. The molecule has 0 saturated carbocycles. The third kappa shape index (κ3) is 4.51. The molecule has 0 radical (unpaired) electrons. The Labute approximate surface area is 151 Å². The Morgan fingerprint density at radius 2 is 1.81 bits per heavy atom. The summed E-state index contributed by atoms with van der Waals surface area (Å²) in [6, 6.07) is 16.0. The van der Waals surface area contributed by atoms with E-state index in [9.17, 15) is 9.59 Å². The number of benzene rings is 1. The second-order valence-corrected chi connectivity index (χ2v) is 5.76. The molecule has 2 amide bonds. The number of pyridine rings is 2. The molecule has 2 heterocycles. The van der Waals surface area contributed by atoms with Crippen molar-refractivity contribution in [2.24, 2.45) is 0 Å². The molecular weight excluding hydrogens is 328 g/mol. The molecule has 0 unspecified atom stereocenters. The van der Waals surface area contributed by atoms with Crippen LogP contribution in [0.4, 0.5) is 5.69 Å². The summed E-state index contributed by atoms with van der Waals surface area (Å²) < 4.78 is 0. The predicted octanol–water partition coefficient (Wildman–Crippen LogP) is 2.97. The van der Waals surface area contributed by atoms with E-state index in [2.05, 4.69) is 20.6 Å². The van der Waals surface area contributed by atoms with Crippen molar-refractivity contribution in [3.63, 3.8) is 0 Å². The first kappa shape index (κ1) is 17.3. The average molecular weight is 346 g/mol. The van der Waals surface area contributed by atoms with Crippen LogP contribution < -0.4 is 10.6 Å². The van der Waals surface area contributed by atoms with Crippen LogP contribution in [0, 0.1) is 6.92 Å². The molecule has 0 atom stereocenters. The molecular formula is C20H18N4O2. The van der Waals surface area contributed by atoms with Crippen molar-refractivity contribution in [3.8, 4) is 0 Å². The summed E-state index contributed by atoms with van der Waals surface area (Å²) in [5.74, 6) is -0.655. The van der Waals surface area contributed by atoms with Gasteiger partial charge in [-0.1, -0.05) is 18.2 Å². The van der Waals surface area contributed by atoms with Crippen LogP contribution in [0.15, 0.2) is 67.0 Å². The summed E-state index contributed by atoms with van der Waals surface area (Å²) in [6.07, 6.45) is 3.11. The SMILES string of the molecule is Cc1cccc(NC(=O)c2ccnc(C(=O)NCc3ccccn3)c2)c1. The van der Waals surface area contributed by atoms with Gasteiger partial charge in [0.25, 0.3) is 11.8 Å². The van der Waals surface area contributed by atoms with E-state index in [1.165, 1.54) is 12.3 Å². The standard InChI is InChI=1S/C20H18N4O2/c1-14-5-4-7-16(11-14)24-19(25)15-8-10-22-18(12-15)20(26)23-13-17-6-2-3-9-21-17/h2-12H,13H2,1H3,(H,23,26)(H,24,25). The lowest BCUT2D eigenvalue weighted by molar-refractivity contribution is 0.0945. The number of rotatable bonds is 5. The maximum Gasteiger partial charge on any atom is 0.270 e. The lowest BCUT2D eigenvalue weighted by Gasteiger charge is -2.08. The summed E-state index contributed by atoms with van der Waals surface area (Å²) in [5, 5.41) is 5.56. The van der Waals surface area contributed by atoms with E-state index in [0.29, 0.717) is 17.8 Å². The van der Waals surface area contributed by atoms with Gasteiger partial charge in [0.1, 0.15) is 5.69 Å². The first-order valence-electron chi connectivity index (χ1n) is 8.14. The van der Waals surface area contributed by atoms with Crippen molar-refractivity contribution < 1.29 is 9.59 Å². The molecule has 26 heavy (non-hydrogen) atoms. The summed E-state index contributed by atoms with van der Waals surface area (Å²) in [6.45, 7) is 2.24. The third-order valence-electron chi connectivity index (χ3n) is 3.69. The Bertz CT molecular complexity index is 926. The van der Waals surface area contributed by atoms with E-state index in [4.69, 9.17) is 0 Å². The molecule has 2 aromatic heterocycles. The van der Waals surface area contributed by atoms with Gasteiger partial charge in [0, 0.05) is 23.6 Å². The van der Waals surface area contributed by atoms with Crippen LogP contribution in [0.25, 0.3) is 0 Å². The Morgan fingerprint density at radius 1 is 0.923 bits per heavy atom. The van der Waals surface area contributed by atoms with Crippen LogP contribution in [0.1, 0.15) is 32.1 Å². The van der Waals surface area contributed by atoms with E-state index >= 15 is 0 Å². The van der Waals surface area contributed by atoms with Gasteiger partial charge >= 0.3 is 0 Å². The summed E-state index contributed by atoms with van der Waals surface area (Å²) in [7, 11) is 0. The fraction of sp³-hybridized carbons (Fsp3) is 0.100. The van der Waals surface area contributed by atoms with Gasteiger partial charge in [-0.2, -0.15) is 0 Å². The zero-order valence-corrected chi connectivity index (χ0v) is 14.3. The van der Waals surface area contributed by atoms with Crippen LogP contribution in [-0.2, 0) is 6.54 Å². The Morgan fingerprint density at radius 3 is 2.58 bits per heavy atom. The van der Waals surface area contributed by atoms with E-state index in [-0.39, 0.29) is 17.5 Å². The number of carbonyl (C=O) groups is 2. The molecule has 0 aliphatic carbocycles. The number of aromatic nitrogens is 2. The van der Waals surface area contributed by atoms with E-state index in [1.54, 1.807) is 12.3 Å². The van der Waals surface area contributed by atoms with E-state index in [0.717, 1.165) is 11.3 Å². The molecule has 0 bridgehead atoms. The van der Waals surface area contributed by atoms with Gasteiger partial charge < -0.3 is 10.6 Å². The smallest absolute Gasteiger partial charge is 0.270 e. The minimum Gasteiger partial charge on any atom is -0.345 e. The Kier molecular flexibility index (Phi) is 5.34. The van der Waals surface area contributed by atoms with Gasteiger partial charge in [0.15, 0.2) is 0 Å². The molecule has 6 nitrogen and oxygen atoms in total. The van der Waals surface area contributed by atoms with Gasteiger partial charge in [0.05, 0.1) is 12.2 Å². The Hall–Kier alpha value is -3.54. The molecule has 0 aliphatic heterocycles. The summed E-state index contributed by atoms with van der Waals surface area (Å²) in [4.78, 5) is 32.8. The second kappa shape index (κ2) is 8.02. The third-order valence-corrected chi connectivity index (χ3v) is 3.69. The fourth-order valence-corrected chi connectivity index (χ4v) is 2.39. The Balaban J connectivity index is 1.67. The molecule has 3 rings (SSSR count). The topological polar surface area (TPSA) is 84.0 Å². The van der Waals surface area contributed by atoms with Crippen molar-refractivity contribution in [1.82, 2.24) is 15.3 Å². The maximum atomic E-state index is 12.4. The molecule has 0 aliphatic rings. The molecule has 130 valence electrons. The van der Waals surface area contributed by atoms with Crippen LogP contribution >= 0.6 is 0 Å². The largest absolute Gasteiger partial charge is 0.345 e. The van der Waals surface area contributed by atoms with Crippen LogP contribution in [0.3, 0.4) is 0 Å². The molecule has 1 aromatic carbocycles. The van der Waals surface area contributed by atoms with E-state index in [1.807, 2.05) is 49.4 Å². The van der Waals surface area contributed by atoms with Crippen molar-refractivity contribution in [1.29, 1.82) is 0 Å². The number of hydrogen-bond donors (Lipinski definition) is 2. The molecule has 3 aromatic rings. The number of nitrogens with zero attached hydrogens (tertiary/aromatic N) is 2. The first-order chi connectivity index (χ1) is 12.6. The molecule has 0 spiro atoms. The van der Waals surface area contributed by atoms with Crippen molar-refractivity contribution in [3.05, 3.63) is 89.5 Å². The van der Waals surface area contributed by atoms with Gasteiger partial charge in [-0.25, -0.2) is 0 Å². The molecule has 0 saturated heterocycles. The maximum absolute atomic E-state index is 12.4. The van der Waals surface area contributed by atoms with Gasteiger partial charge in [0.2, 0.25) is 0 Å². The number of aryl methyl sites for hydroxylation is 1. The average Bonchev–Trinajstić information content (AvgIpc) is 2.67. The zero-order chi connectivity index (χ0) is 18.4. The minimum atomic E-state index is -0.360. The summed E-state index contributed by atoms with van der Waals surface area (Å²) in [5.41, 5.74) is 3.04. The van der Waals surface area contributed by atoms with Gasteiger partial charge in [-0.3, -0.25) is 19.6 Å². The monoisotopic (exact) mass is 346 g/mol. The lowest BCUT2D eigenvalue weighted by Crippen LogP contribution is -2.24. The highest BCUT2D eigenvalue weighted by Gasteiger charge is 2.12. The highest BCUT2D eigenvalue weighted by molar-refractivity contribution is 6.05. The number of amides is 2. The summed E-state index contributed by atoms with van der Waals surface area (Å²) >= 11 is 0. The quantitative estimate of drug-likeness (QED) is 0.744. The van der Waals surface area contributed by atoms with Gasteiger partial charge in [-0.15, -0.1) is 0 Å². The minimum absolute atomic E-state index is 0.179. The van der Waals surface area contributed by atoms with Crippen LogP contribution in [0.2, 0.25) is 0 Å². The molecule has 0 fully saturated rings. The van der Waals surface area contributed by atoms with Crippen molar-refractivity contribution in [2.45, 2.75) is 13.5 Å².